The van der Waals surface area contributed by atoms with E-state index in [1.807, 2.05) is 0 Å². The summed E-state index contributed by atoms with van der Waals surface area (Å²) in [6.45, 7) is 2.00. The summed E-state index contributed by atoms with van der Waals surface area (Å²) in [6, 6.07) is 10.5. The van der Waals surface area contributed by atoms with Gasteiger partial charge in [-0.2, -0.15) is 0 Å². The molecule has 0 spiro atoms. The summed E-state index contributed by atoms with van der Waals surface area (Å²) in [7, 11) is 1.53. The number of hydrogen-bond acceptors (Lipinski definition) is 6. The first-order valence-corrected chi connectivity index (χ1v) is 10.8. The Morgan fingerprint density at radius 1 is 1.22 bits per heavy atom. The molecule has 164 valence electrons. The van der Waals surface area contributed by atoms with Crippen LogP contribution in [0.3, 0.4) is 0 Å². The molecule has 3 heterocycles. The zero-order valence-corrected chi connectivity index (χ0v) is 18.9. The third-order valence-electron chi connectivity index (χ3n) is 4.91. The highest BCUT2D eigenvalue weighted by atomic mass is 35.5. The highest BCUT2D eigenvalue weighted by Crippen LogP contribution is 2.19. The summed E-state index contributed by atoms with van der Waals surface area (Å²) in [4.78, 5) is 43.4. The molecule has 0 atom stereocenters. The molecule has 0 radical (unpaired) electrons. The Kier molecular flexibility index (Phi) is 6.11. The van der Waals surface area contributed by atoms with Crippen molar-refractivity contribution in [3.63, 3.8) is 0 Å². The molecule has 0 unspecified atom stereocenters. The normalized spacial score (nSPS) is 11.0. The van der Waals surface area contributed by atoms with Crippen LogP contribution in [-0.2, 0) is 13.1 Å². The maximum atomic E-state index is 13.0. The average molecular weight is 471 g/mol. The van der Waals surface area contributed by atoms with Gasteiger partial charge in [0.1, 0.15) is 9.71 Å². The van der Waals surface area contributed by atoms with Crippen LogP contribution < -0.4 is 21.3 Å². The van der Waals surface area contributed by atoms with Crippen molar-refractivity contribution in [3.05, 3.63) is 96.2 Å². The number of carbonyl (C=O) groups excluding carboxylic acids is 1. The Morgan fingerprint density at radius 2 is 2.03 bits per heavy atom. The minimum atomic E-state index is -0.509. The van der Waals surface area contributed by atoms with Crippen molar-refractivity contribution in [3.8, 4) is 5.88 Å². The molecule has 4 aromatic rings. The van der Waals surface area contributed by atoms with Gasteiger partial charge in [-0.25, -0.2) is 9.78 Å². The van der Waals surface area contributed by atoms with E-state index in [1.165, 1.54) is 17.7 Å². The molecule has 0 aliphatic carbocycles. The summed E-state index contributed by atoms with van der Waals surface area (Å²) in [6.07, 6.45) is 3.08. The van der Waals surface area contributed by atoms with Crippen LogP contribution in [0.15, 0.2) is 58.4 Å². The van der Waals surface area contributed by atoms with E-state index in [9.17, 15) is 14.4 Å². The second kappa shape index (κ2) is 8.97. The van der Waals surface area contributed by atoms with E-state index in [0.717, 1.165) is 27.0 Å². The molecule has 1 amide bonds. The molecule has 32 heavy (non-hydrogen) atoms. The third kappa shape index (κ3) is 4.30. The predicted molar refractivity (Wildman–Crippen MR) is 123 cm³/mol. The van der Waals surface area contributed by atoms with E-state index in [1.54, 1.807) is 49.5 Å². The Labute approximate surface area is 191 Å². The molecule has 0 saturated carbocycles. The quantitative estimate of drug-likeness (QED) is 0.467. The number of halogens is 1. The summed E-state index contributed by atoms with van der Waals surface area (Å²) >= 11 is 7.12. The van der Waals surface area contributed by atoms with Crippen LogP contribution in [-0.4, -0.2) is 27.0 Å². The van der Waals surface area contributed by atoms with E-state index >= 15 is 0 Å². The van der Waals surface area contributed by atoms with Gasteiger partial charge in [0.2, 0.25) is 5.88 Å². The van der Waals surface area contributed by atoms with Crippen molar-refractivity contribution >= 4 is 33.7 Å². The maximum absolute atomic E-state index is 13.0. The standard InChI is InChI=1S/C22H19ClN4O4S/c1-13-20(29)26(11-14-4-3-5-16(23)8-14)22(30)27-12-17(32-21(13)27)19(28)25-10-15-6-7-18(31-2)24-9-15/h3-9,12H,10-11H2,1-2H3,(H,25,28). The number of nitrogens with zero attached hydrogens (tertiary/aromatic N) is 3. The van der Waals surface area contributed by atoms with Gasteiger partial charge in [0, 0.05) is 35.6 Å². The summed E-state index contributed by atoms with van der Waals surface area (Å²) in [5, 5.41) is 3.33. The van der Waals surface area contributed by atoms with Crippen LogP contribution in [0, 0.1) is 6.92 Å². The fraction of sp³-hybridized carbons (Fsp3) is 0.182. The highest BCUT2D eigenvalue weighted by Gasteiger charge is 2.17. The second-order valence-electron chi connectivity index (χ2n) is 7.09. The van der Waals surface area contributed by atoms with Crippen molar-refractivity contribution in [2.45, 2.75) is 20.0 Å². The lowest BCUT2D eigenvalue weighted by atomic mass is 10.2. The average Bonchev–Trinajstić information content (AvgIpc) is 3.25. The molecule has 0 aliphatic heterocycles. The lowest BCUT2D eigenvalue weighted by Gasteiger charge is -2.08. The van der Waals surface area contributed by atoms with Gasteiger partial charge in [-0.1, -0.05) is 29.8 Å². The van der Waals surface area contributed by atoms with Gasteiger partial charge < -0.3 is 10.1 Å². The van der Waals surface area contributed by atoms with Gasteiger partial charge in [0.05, 0.1) is 13.7 Å². The van der Waals surface area contributed by atoms with E-state index in [-0.39, 0.29) is 19.0 Å². The molecule has 8 nitrogen and oxygen atoms in total. The smallest absolute Gasteiger partial charge is 0.336 e. The number of ether oxygens (including phenoxy) is 1. The number of carbonyl (C=O) groups is 1. The second-order valence-corrected chi connectivity index (χ2v) is 8.56. The first kappa shape index (κ1) is 21.8. The number of benzene rings is 1. The third-order valence-corrected chi connectivity index (χ3v) is 6.35. The molecule has 0 bridgehead atoms. The van der Waals surface area contributed by atoms with Crippen LogP contribution >= 0.6 is 22.9 Å². The lowest BCUT2D eigenvalue weighted by molar-refractivity contribution is 0.0954. The van der Waals surface area contributed by atoms with Crippen LogP contribution in [0.2, 0.25) is 5.02 Å². The molecule has 10 heteroatoms. The van der Waals surface area contributed by atoms with E-state index in [0.29, 0.717) is 26.2 Å². The molecular weight excluding hydrogens is 452 g/mol. The number of thiazole rings is 1. The number of nitrogens with one attached hydrogen (secondary N) is 1. The Balaban J connectivity index is 1.62. The summed E-state index contributed by atoms with van der Waals surface area (Å²) in [5.41, 5.74) is 1.03. The van der Waals surface area contributed by atoms with E-state index in [2.05, 4.69) is 10.3 Å². The highest BCUT2D eigenvalue weighted by molar-refractivity contribution is 7.19. The molecule has 0 fully saturated rings. The minimum Gasteiger partial charge on any atom is -0.481 e. The van der Waals surface area contributed by atoms with Gasteiger partial charge in [0.15, 0.2) is 0 Å². The molecule has 0 aliphatic rings. The SMILES string of the molecule is COc1ccc(CNC(=O)c2cn3c(=O)n(Cc4cccc(Cl)c4)c(=O)c(C)c3s2)cn1. The zero-order valence-electron chi connectivity index (χ0n) is 17.3. The van der Waals surface area contributed by atoms with Crippen molar-refractivity contribution in [1.82, 2.24) is 19.3 Å². The van der Waals surface area contributed by atoms with Gasteiger partial charge in [-0.15, -0.1) is 11.3 Å². The number of aromatic nitrogens is 3. The van der Waals surface area contributed by atoms with Crippen LogP contribution in [0.25, 0.3) is 4.83 Å². The number of methoxy groups -OCH3 is 1. The largest absolute Gasteiger partial charge is 0.481 e. The molecule has 1 aromatic carbocycles. The minimum absolute atomic E-state index is 0.0872. The number of rotatable bonds is 6. The topological polar surface area (TPSA) is 94.7 Å². The zero-order chi connectivity index (χ0) is 22.8. The number of fused-ring (bicyclic) bond motifs is 1. The molecule has 1 N–H and O–H groups in total. The predicted octanol–water partition coefficient (Wildman–Crippen LogP) is 2.87. The van der Waals surface area contributed by atoms with Gasteiger partial charge in [-0.05, 0) is 30.2 Å². The summed E-state index contributed by atoms with van der Waals surface area (Å²) < 4.78 is 7.51. The first-order chi connectivity index (χ1) is 15.4. The van der Waals surface area contributed by atoms with Crippen molar-refractivity contribution in [2.24, 2.45) is 0 Å². The Morgan fingerprint density at radius 3 is 2.72 bits per heavy atom. The van der Waals surface area contributed by atoms with E-state index < -0.39 is 11.2 Å². The molecule has 4 rings (SSSR count). The number of pyridine rings is 1. The van der Waals surface area contributed by atoms with Crippen molar-refractivity contribution < 1.29 is 9.53 Å². The first-order valence-electron chi connectivity index (χ1n) is 9.64. The molecular formula is C22H19ClN4O4S. The monoisotopic (exact) mass is 470 g/mol. The van der Waals surface area contributed by atoms with E-state index in [4.69, 9.17) is 16.3 Å². The molecule has 3 aromatic heterocycles. The van der Waals surface area contributed by atoms with Gasteiger partial charge in [0.25, 0.3) is 11.5 Å². The van der Waals surface area contributed by atoms with Gasteiger partial charge >= 0.3 is 5.69 Å². The Bertz CT molecular complexity index is 1420. The Hall–Kier alpha value is -3.43. The van der Waals surface area contributed by atoms with Crippen LogP contribution in [0.5, 0.6) is 5.88 Å². The summed E-state index contributed by atoms with van der Waals surface area (Å²) in [5.74, 6) is 0.140. The fourth-order valence-corrected chi connectivity index (χ4v) is 4.45. The van der Waals surface area contributed by atoms with Crippen molar-refractivity contribution in [2.75, 3.05) is 7.11 Å². The number of hydrogen-bond donors (Lipinski definition) is 1. The van der Waals surface area contributed by atoms with Crippen LogP contribution in [0.1, 0.15) is 26.4 Å². The van der Waals surface area contributed by atoms with Gasteiger partial charge in [-0.3, -0.25) is 18.6 Å². The number of aryl methyl sites for hydroxylation is 1. The van der Waals surface area contributed by atoms with Crippen LogP contribution in [0.4, 0.5) is 0 Å². The number of amides is 1. The lowest BCUT2D eigenvalue weighted by Crippen LogP contribution is -2.38. The maximum Gasteiger partial charge on any atom is 0.336 e. The fourth-order valence-electron chi connectivity index (χ4n) is 3.23. The molecule has 0 saturated heterocycles. The van der Waals surface area contributed by atoms with Crippen molar-refractivity contribution in [1.29, 1.82) is 0 Å².